The molecule has 2 heterocycles. The number of hydrogen-bond donors (Lipinski definition) is 0. The van der Waals surface area contributed by atoms with E-state index in [4.69, 9.17) is 0 Å². The third kappa shape index (κ3) is 4.34. The van der Waals surface area contributed by atoms with Crippen molar-refractivity contribution in [3.05, 3.63) is 90.2 Å². The van der Waals surface area contributed by atoms with Crippen LogP contribution in [-0.4, -0.2) is 36.2 Å². The summed E-state index contributed by atoms with van der Waals surface area (Å²) in [5.41, 5.74) is 1.71. The second-order valence-corrected chi connectivity index (χ2v) is 11.0. The molecule has 34 heavy (non-hydrogen) atoms. The number of amides is 1. The smallest absolute Gasteiger partial charge is 0.247 e. The molecule has 1 fully saturated rings. The maximum Gasteiger partial charge on any atom is 0.247 e. The number of anilines is 1. The summed E-state index contributed by atoms with van der Waals surface area (Å²) in [4.78, 5) is 20.1. The average molecular weight is 496 g/mol. The molecular formula is C25H22FN3O3S2. The Morgan fingerprint density at radius 1 is 1.03 bits per heavy atom. The first-order valence-corrected chi connectivity index (χ1v) is 13.2. The zero-order chi connectivity index (χ0) is 23.7. The van der Waals surface area contributed by atoms with Gasteiger partial charge in [-0.3, -0.25) is 9.69 Å². The summed E-state index contributed by atoms with van der Waals surface area (Å²) in [6.07, 6.45) is 0.977. The van der Waals surface area contributed by atoms with Gasteiger partial charge in [-0.05, 0) is 54.8 Å². The molecular weight excluding hydrogens is 473 g/mol. The first kappa shape index (κ1) is 22.6. The molecule has 3 aromatic carbocycles. The number of para-hydroxylation sites is 1. The van der Waals surface area contributed by atoms with Crippen LogP contribution >= 0.6 is 11.3 Å². The summed E-state index contributed by atoms with van der Waals surface area (Å²) < 4.78 is 42.2. The maximum atomic E-state index is 13.9. The summed E-state index contributed by atoms with van der Waals surface area (Å²) in [5, 5.41) is 0.529. The van der Waals surface area contributed by atoms with Crippen LogP contribution in [0, 0.1) is 5.82 Å². The molecule has 6 nitrogen and oxygen atoms in total. The van der Waals surface area contributed by atoms with Crippen LogP contribution in [0.1, 0.15) is 18.4 Å². The molecule has 0 spiro atoms. The molecule has 1 amide bonds. The summed E-state index contributed by atoms with van der Waals surface area (Å²) in [7, 11) is -3.96. The highest BCUT2D eigenvalue weighted by atomic mass is 32.2. The fraction of sp³-hybridized carbons (Fsp3) is 0.200. The van der Waals surface area contributed by atoms with E-state index in [0.29, 0.717) is 18.0 Å². The van der Waals surface area contributed by atoms with Crippen LogP contribution in [0.2, 0.25) is 0 Å². The number of nitrogens with zero attached hydrogens (tertiary/aromatic N) is 3. The highest BCUT2D eigenvalue weighted by Crippen LogP contribution is 2.33. The zero-order valence-corrected chi connectivity index (χ0v) is 19.8. The average Bonchev–Trinajstić information content (AvgIpc) is 3.51. The van der Waals surface area contributed by atoms with Gasteiger partial charge in [-0.2, -0.15) is 4.31 Å². The fourth-order valence-corrected chi connectivity index (χ4v) is 6.80. The number of sulfonamides is 1. The second kappa shape index (κ2) is 9.25. The van der Waals surface area contributed by atoms with Crippen molar-refractivity contribution >= 4 is 42.6 Å². The van der Waals surface area contributed by atoms with Gasteiger partial charge in [0.15, 0.2) is 5.13 Å². The fourth-order valence-electron chi connectivity index (χ4n) is 4.18. The van der Waals surface area contributed by atoms with Crippen molar-refractivity contribution in [2.45, 2.75) is 30.3 Å². The molecule has 0 radical (unpaired) electrons. The third-order valence-corrected chi connectivity index (χ3v) is 8.85. The predicted molar refractivity (Wildman–Crippen MR) is 131 cm³/mol. The molecule has 1 aliphatic heterocycles. The van der Waals surface area contributed by atoms with Gasteiger partial charge in [0.1, 0.15) is 11.9 Å². The number of carbonyl (C=O) groups excluding carboxylic acids is 1. The van der Waals surface area contributed by atoms with Crippen LogP contribution < -0.4 is 4.90 Å². The number of carbonyl (C=O) groups is 1. The van der Waals surface area contributed by atoms with E-state index < -0.39 is 21.9 Å². The SMILES string of the molecule is O=C(C1CCCN1S(=O)(=O)c1ccc(F)cc1)N(Cc1ccccc1)c1nc2ccccc2s1. The van der Waals surface area contributed by atoms with Crippen LogP contribution in [0.15, 0.2) is 83.8 Å². The highest BCUT2D eigenvalue weighted by molar-refractivity contribution is 7.89. The van der Waals surface area contributed by atoms with E-state index in [-0.39, 0.29) is 23.9 Å². The Kier molecular flexibility index (Phi) is 6.16. The molecule has 0 N–H and O–H groups in total. The van der Waals surface area contributed by atoms with Crippen molar-refractivity contribution in [1.29, 1.82) is 0 Å². The van der Waals surface area contributed by atoms with E-state index in [0.717, 1.165) is 27.9 Å². The van der Waals surface area contributed by atoms with Crippen LogP contribution in [0.3, 0.4) is 0 Å². The molecule has 0 saturated carbocycles. The minimum Gasteiger partial charge on any atom is -0.282 e. The molecule has 1 saturated heterocycles. The molecule has 4 aromatic rings. The number of fused-ring (bicyclic) bond motifs is 1. The quantitative estimate of drug-likeness (QED) is 0.385. The monoisotopic (exact) mass is 495 g/mol. The Morgan fingerprint density at radius 2 is 1.74 bits per heavy atom. The van der Waals surface area contributed by atoms with Crippen LogP contribution in [-0.2, 0) is 21.4 Å². The zero-order valence-electron chi connectivity index (χ0n) is 18.2. The number of hydrogen-bond acceptors (Lipinski definition) is 5. The van der Waals surface area contributed by atoms with E-state index >= 15 is 0 Å². The lowest BCUT2D eigenvalue weighted by Gasteiger charge is -2.28. The molecule has 1 aromatic heterocycles. The molecule has 1 atom stereocenters. The van der Waals surface area contributed by atoms with Gasteiger partial charge in [0.05, 0.1) is 21.7 Å². The standard InChI is InChI=1S/C25H22FN3O3S2/c26-19-12-14-20(15-13-19)34(31,32)29-16-6-10-22(29)24(30)28(17-18-7-2-1-3-8-18)25-27-21-9-4-5-11-23(21)33-25/h1-5,7-9,11-15,22H,6,10,16-17H2. The molecule has 1 aliphatic rings. The van der Waals surface area contributed by atoms with Crippen molar-refractivity contribution in [2.75, 3.05) is 11.4 Å². The first-order valence-electron chi connectivity index (χ1n) is 10.9. The highest BCUT2D eigenvalue weighted by Gasteiger charge is 2.42. The minimum atomic E-state index is -3.96. The van der Waals surface area contributed by atoms with Gasteiger partial charge in [0, 0.05) is 6.54 Å². The summed E-state index contributed by atoms with van der Waals surface area (Å²) in [5.74, 6) is -0.830. The summed E-state index contributed by atoms with van der Waals surface area (Å²) in [6, 6.07) is 21.0. The molecule has 1 unspecified atom stereocenters. The third-order valence-electron chi connectivity index (χ3n) is 5.87. The lowest BCUT2D eigenvalue weighted by Crippen LogP contribution is -2.47. The van der Waals surface area contributed by atoms with E-state index in [1.54, 1.807) is 4.90 Å². The number of thiazole rings is 1. The van der Waals surface area contributed by atoms with Crippen molar-refractivity contribution in [3.8, 4) is 0 Å². The molecule has 174 valence electrons. The van der Waals surface area contributed by atoms with E-state index in [2.05, 4.69) is 4.98 Å². The number of rotatable bonds is 6. The van der Waals surface area contributed by atoms with Gasteiger partial charge in [-0.1, -0.05) is 53.8 Å². The summed E-state index contributed by atoms with van der Waals surface area (Å²) in [6.45, 7) is 0.509. The molecule has 9 heteroatoms. The Balaban J connectivity index is 1.51. The number of aromatic nitrogens is 1. The van der Waals surface area contributed by atoms with Crippen molar-refractivity contribution in [2.24, 2.45) is 0 Å². The van der Waals surface area contributed by atoms with Crippen LogP contribution in [0.5, 0.6) is 0 Å². The molecule has 0 aliphatic carbocycles. The predicted octanol–water partition coefficient (Wildman–Crippen LogP) is 4.82. The molecule has 5 rings (SSSR count). The van der Waals surface area contributed by atoms with Crippen molar-refractivity contribution in [3.63, 3.8) is 0 Å². The number of benzene rings is 3. The largest absolute Gasteiger partial charge is 0.282 e. The van der Waals surface area contributed by atoms with E-state index in [9.17, 15) is 17.6 Å². The Hall–Kier alpha value is -3.14. The topological polar surface area (TPSA) is 70.6 Å². The Bertz CT molecular complexity index is 1390. The Labute approximate surface area is 201 Å². The van der Waals surface area contributed by atoms with Crippen molar-refractivity contribution < 1.29 is 17.6 Å². The Morgan fingerprint density at radius 3 is 2.47 bits per heavy atom. The van der Waals surface area contributed by atoms with Crippen molar-refractivity contribution in [1.82, 2.24) is 9.29 Å². The maximum absolute atomic E-state index is 13.9. The van der Waals surface area contributed by atoms with Gasteiger partial charge in [-0.15, -0.1) is 0 Å². The lowest BCUT2D eigenvalue weighted by molar-refractivity contribution is -0.121. The van der Waals surface area contributed by atoms with Gasteiger partial charge in [0.2, 0.25) is 15.9 Å². The number of halogens is 1. The second-order valence-electron chi connectivity index (χ2n) is 8.10. The van der Waals surface area contributed by atoms with Gasteiger partial charge in [0.25, 0.3) is 0 Å². The first-order chi connectivity index (χ1) is 16.4. The van der Waals surface area contributed by atoms with E-state index in [1.807, 2.05) is 54.6 Å². The van der Waals surface area contributed by atoms with E-state index in [1.165, 1.54) is 27.8 Å². The van der Waals surface area contributed by atoms with Gasteiger partial charge in [-0.25, -0.2) is 17.8 Å². The minimum absolute atomic E-state index is 0.0248. The van der Waals surface area contributed by atoms with Crippen LogP contribution in [0.25, 0.3) is 10.2 Å². The van der Waals surface area contributed by atoms with Crippen LogP contribution in [0.4, 0.5) is 9.52 Å². The lowest BCUT2D eigenvalue weighted by atomic mass is 10.1. The summed E-state index contributed by atoms with van der Waals surface area (Å²) >= 11 is 1.40. The van der Waals surface area contributed by atoms with Gasteiger partial charge >= 0.3 is 0 Å². The van der Waals surface area contributed by atoms with Gasteiger partial charge < -0.3 is 0 Å². The normalized spacial score (nSPS) is 16.7. The molecule has 0 bridgehead atoms.